The van der Waals surface area contributed by atoms with E-state index in [-0.39, 0.29) is 5.56 Å². The summed E-state index contributed by atoms with van der Waals surface area (Å²) in [6.45, 7) is 0. The maximum absolute atomic E-state index is 12.5. The highest BCUT2D eigenvalue weighted by atomic mass is 16.7. The Bertz CT molecular complexity index is 1170. The molecule has 0 bridgehead atoms. The molecule has 0 aliphatic heterocycles. The molecule has 3 rings (SSSR count). The zero-order valence-electron chi connectivity index (χ0n) is 18.8. The minimum atomic E-state index is -0.583. The predicted molar refractivity (Wildman–Crippen MR) is 127 cm³/mol. The summed E-state index contributed by atoms with van der Waals surface area (Å²) < 4.78 is 15.7. The summed E-state index contributed by atoms with van der Waals surface area (Å²) in [5.41, 5.74) is 4.62. The van der Waals surface area contributed by atoms with Crippen molar-refractivity contribution < 1.29 is 28.6 Å². The molecule has 0 unspecified atom stereocenters. The number of carbonyl (C=O) groups excluding carboxylic acids is 2. The van der Waals surface area contributed by atoms with E-state index in [1.807, 2.05) is 30.3 Å². The molecule has 0 aromatic heterocycles. The molecular weight excluding hydrogens is 438 g/mol. The first-order chi connectivity index (χ1) is 16.5. The normalized spacial score (nSPS) is 10.8. The summed E-state index contributed by atoms with van der Waals surface area (Å²) >= 11 is 0. The molecule has 0 fully saturated rings. The second kappa shape index (κ2) is 11.8. The molecule has 0 saturated carbocycles. The molecule has 0 atom stereocenters. The largest absolute Gasteiger partial charge is 0.493 e. The number of amides is 1. The highest BCUT2D eigenvalue weighted by Crippen LogP contribution is 2.38. The van der Waals surface area contributed by atoms with E-state index in [0.717, 1.165) is 5.56 Å². The van der Waals surface area contributed by atoms with Gasteiger partial charge in [0.15, 0.2) is 11.5 Å². The van der Waals surface area contributed by atoms with Gasteiger partial charge in [-0.3, -0.25) is 4.79 Å². The monoisotopic (exact) mass is 461 g/mol. The standard InChI is InChI=1S/C25H23N3O6/c1-31-21-15-18(16-22(32-2)24(21)33-3)25(30)27-26-19-10-12-20(13-11-19)28-34-23(29)14-9-17-7-5-4-6-8-17/h4-16,28H,1-3H3/b14-9+,27-26?. The van der Waals surface area contributed by atoms with Crippen molar-refractivity contribution >= 4 is 29.3 Å². The topological polar surface area (TPSA) is 108 Å². The van der Waals surface area contributed by atoms with Gasteiger partial charge in [-0.25, -0.2) is 10.3 Å². The van der Waals surface area contributed by atoms with Crippen LogP contribution in [0.2, 0.25) is 0 Å². The predicted octanol–water partition coefficient (Wildman–Crippen LogP) is 5.22. The average Bonchev–Trinajstić information content (AvgIpc) is 2.89. The van der Waals surface area contributed by atoms with Crippen LogP contribution in [-0.2, 0) is 9.63 Å². The van der Waals surface area contributed by atoms with Crippen molar-refractivity contribution in [3.8, 4) is 17.2 Å². The van der Waals surface area contributed by atoms with E-state index in [4.69, 9.17) is 19.0 Å². The van der Waals surface area contributed by atoms with Crippen molar-refractivity contribution in [1.29, 1.82) is 0 Å². The van der Waals surface area contributed by atoms with Gasteiger partial charge in [0.2, 0.25) is 5.75 Å². The van der Waals surface area contributed by atoms with E-state index >= 15 is 0 Å². The van der Waals surface area contributed by atoms with Crippen molar-refractivity contribution in [1.82, 2.24) is 0 Å². The zero-order chi connectivity index (χ0) is 24.3. The van der Waals surface area contributed by atoms with Gasteiger partial charge in [0.05, 0.1) is 38.3 Å². The number of azo groups is 1. The summed E-state index contributed by atoms with van der Waals surface area (Å²) in [6.07, 6.45) is 2.97. The molecule has 0 aliphatic carbocycles. The van der Waals surface area contributed by atoms with Crippen LogP contribution < -0.4 is 19.7 Å². The van der Waals surface area contributed by atoms with Crippen molar-refractivity contribution in [2.75, 3.05) is 26.8 Å². The number of anilines is 1. The second-order valence-electron chi connectivity index (χ2n) is 6.73. The molecular formula is C25H23N3O6. The fourth-order valence-corrected chi connectivity index (χ4v) is 2.83. The maximum Gasteiger partial charge on any atom is 0.355 e. The average molecular weight is 461 g/mol. The summed E-state index contributed by atoms with van der Waals surface area (Å²) in [5.74, 6) is -0.0880. The van der Waals surface area contributed by atoms with Crippen LogP contribution in [0, 0.1) is 0 Å². The SMILES string of the molecule is COc1cc(C(=O)N=Nc2ccc(NOC(=O)/C=C/c3ccccc3)cc2)cc(OC)c1OC. The van der Waals surface area contributed by atoms with Gasteiger partial charge in [0.1, 0.15) is 0 Å². The number of hydrogen-bond donors (Lipinski definition) is 1. The molecule has 0 spiro atoms. The minimum absolute atomic E-state index is 0.229. The third-order valence-electron chi connectivity index (χ3n) is 4.52. The Labute approximate surface area is 196 Å². The first-order valence-electron chi connectivity index (χ1n) is 10.1. The Kier molecular flexibility index (Phi) is 8.34. The lowest BCUT2D eigenvalue weighted by molar-refractivity contribution is -0.134. The van der Waals surface area contributed by atoms with Crippen LogP contribution >= 0.6 is 0 Å². The molecule has 0 aliphatic rings. The van der Waals surface area contributed by atoms with E-state index in [1.165, 1.54) is 39.5 Å². The molecule has 174 valence electrons. The quantitative estimate of drug-likeness (QED) is 0.264. The molecule has 3 aromatic carbocycles. The first-order valence-corrected chi connectivity index (χ1v) is 10.1. The zero-order valence-corrected chi connectivity index (χ0v) is 18.8. The Morgan fingerprint density at radius 2 is 1.50 bits per heavy atom. The number of methoxy groups -OCH3 is 3. The van der Waals surface area contributed by atoms with Crippen molar-refractivity contribution in [3.05, 3.63) is 83.9 Å². The van der Waals surface area contributed by atoms with Crippen molar-refractivity contribution in [3.63, 3.8) is 0 Å². The lowest BCUT2D eigenvalue weighted by atomic mass is 10.1. The highest BCUT2D eigenvalue weighted by Gasteiger charge is 2.16. The summed E-state index contributed by atoms with van der Waals surface area (Å²) in [7, 11) is 4.39. The summed E-state index contributed by atoms with van der Waals surface area (Å²) in [4.78, 5) is 29.3. The van der Waals surface area contributed by atoms with Gasteiger partial charge in [0, 0.05) is 6.08 Å². The van der Waals surface area contributed by atoms with Crippen LogP contribution in [0.5, 0.6) is 17.2 Å². The molecule has 34 heavy (non-hydrogen) atoms. The molecule has 0 saturated heterocycles. The van der Waals surface area contributed by atoms with E-state index in [9.17, 15) is 9.59 Å². The summed E-state index contributed by atoms with van der Waals surface area (Å²) in [5, 5.41) is 7.70. The van der Waals surface area contributed by atoms with Crippen LogP contribution in [0.1, 0.15) is 15.9 Å². The van der Waals surface area contributed by atoms with Crippen LogP contribution in [0.4, 0.5) is 11.4 Å². The lowest BCUT2D eigenvalue weighted by Gasteiger charge is -2.12. The van der Waals surface area contributed by atoms with E-state index in [1.54, 1.807) is 30.3 Å². The van der Waals surface area contributed by atoms with Gasteiger partial charge in [-0.15, -0.1) is 10.2 Å². The minimum Gasteiger partial charge on any atom is -0.493 e. The third-order valence-corrected chi connectivity index (χ3v) is 4.52. The van der Waals surface area contributed by atoms with Gasteiger partial charge < -0.3 is 19.0 Å². The molecule has 3 aromatic rings. The lowest BCUT2D eigenvalue weighted by Crippen LogP contribution is -2.07. The second-order valence-corrected chi connectivity index (χ2v) is 6.73. The fourth-order valence-electron chi connectivity index (χ4n) is 2.83. The number of carbonyl (C=O) groups is 2. The van der Waals surface area contributed by atoms with Crippen LogP contribution in [0.25, 0.3) is 6.08 Å². The summed E-state index contributed by atoms with van der Waals surface area (Å²) in [6, 6.07) is 18.9. The van der Waals surface area contributed by atoms with Gasteiger partial charge in [0.25, 0.3) is 5.91 Å². The number of hydrogen-bond acceptors (Lipinski definition) is 8. The van der Waals surface area contributed by atoms with E-state index < -0.39 is 11.9 Å². The van der Waals surface area contributed by atoms with Gasteiger partial charge in [-0.1, -0.05) is 30.3 Å². The fraction of sp³-hybridized carbons (Fsp3) is 0.120. The molecule has 9 nitrogen and oxygen atoms in total. The third kappa shape index (κ3) is 6.42. The van der Waals surface area contributed by atoms with Gasteiger partial charge >= 0.3 is 5.97 Å². The molecule has 9 heteroatoms. The first kappa shape index (κ1) is 24.0. The number of nitrogens with zero attached hydrogens (tertiary/aromatic N) is 2. The number of rotatable bonds is 9. The smallest absolute Gasteiger partial charge is 0.355 e. The Hall–Kier alpha value is -4.66. The Morgan fingerprint density at radius 3 is 2.09 bits per heavy atom. The van der Waals surface area contributed by atoms with E-state index in [0.29, 0.717) is 28.6 Å². The molecule has 0 radical (unpaired) electrons. The van der Waals surface area contributed by atoms with Gasteiger partial charge in [-0.2, -0.15) is 0 Å². The van der Waals surface area contributed by atoms with Crippen LogP contribution in [-0.4, -0.2) is 33.2 Å². The molecule has 0 heterocycles. The molecule has 1 N–H and O–H groups in total. The van der Waals surface area contributed by atoms with Crippen LogP contribution in [0.15, 0.2) is 83.0 Å². The van der Waals surface area contributed by atoms with Crippen molar-refractivity contribution in [2.45, 2.75) is 0 Å². The number of ether oxygens (including phenoxy) is 3. The number of benzene rings is 3. The van der Waals surface area contributed by atoms with E-state index in [2.05, 4.69) is 15.7 Å². The van der Waals surface area contributed by atoms with Gasteiger partial charge in [-0.05, 0) is 48.0 Å². The Morgan fingerprint density at radius 1 is 0.853 bits per heavy atom. The van der Waals surface area contributed by atoms with Crippen LogP contribution in [0.3, 0.4) is 0 Å². The maximum atomic E-state index is 12.5. The highest BCUT2D eigenvalue weighted by molar-refractivity contribution is 5.96. The Balaban J connectivity index is 1.59. The van der Waals surface area contributed by atoms with Crippen molar-refractivity contribution in [2.24, 2.45) is 10.2 Å². The molecule has 1 amide bonds. The number of nitrogens with one attached hydrogen (secondary N) is 1.